The van der Waals surface area contributed by atoms with Crippen LogP contribution in [0.25, 0.3) is 0 Å². The Kier molecular flexibility index (Phi) is 1.93. The van der Waals surface area contributed by atoms with Gasteiger partial charge in [-0.15, -0.1) is 0 Å². The Morgan fingerprint density at radius 1 is 1.36 bits per heavy atom. The van der Waals surface area contributed by atoms with E-state index >= 15 is 0 Å². The van der Waals surface area contributed by atoms with E-state index in [1.807, 2.05) is 30.3 Å². The Bertz CT molecular complexity index is 344. The summed E-state index contributed by atoms with van der Waals surface area (Å²) in [5.41, 5.74) is 6.56. The fourth-order valence-corrected chi connectivity index (χ4v) is 1.72. The summed E-state index contributed by atoms with van der Waals surface area (Å²) in [6.07, 6.45) is -0.901. The largest absolute Gasteiger partial charge is 0.465 e. The van der Waals surface area contributed by atoms with Gasteiger partial charge >= 0.3 is 6.09 Å². The van der Waals surface area contributed by atoms with Gasteiger partial charge in [-0.25, -0.2) is 4.79 Å². The van der Waals surface area contributed by atoms with E-state index in [0.717, 1.165) is 5.56 Å². The third-order valence-corrected chi connectivity index (χ3v) is 2.57. The minimum atomic E-state index is -0.901. The maximum absolute atomic E-state index is 10.6. The zero-order valence-corrected chi connectivity index (χ0v) is 7.68. The van der Waals surface area contributed by atoms with Crippen molar-refractivity contribution in [1.82, 2.24) is 4.90 Å². The Morgan fingerprint density at radius 3 is 2.43 bits per heavy atom. The molecule has 14 heavy (non-hydrogen) atoms. The second-order valence-corrected chi connectivity index (χ2v) is 3.66. The van der Waals surface area contributed by atoms with Crippen LogP contribution in [0.5, 0.6) is 0 Å². The van der Waals surface area contributed by atoms with Crippen molar-refractivity contribution in [1.29, 1.82) is 0 Å². The zero-order valence-electron chi connectivity index (χ0n) is 7.68. The van der Waals surface area contributed by atoms with Gasteiger partial charge in [-0.2, -0.15) is 0 Å². The van der Waals surface area contributed by atoms with E-state index in [1.54, 1.807) is 0 Å². The lowest BCUT2D eigenvalue weighted by Crippen LogP contribution is -2.65. The van der Waals surface area contributed by atoms with E-state index in [0.29, 0.717) is 13.1 Å². The molecule has 0 unspecified atom stereocenters. The lowest BCUT2D eigenvalue weighted by Gasteiger charge is -2.46. The van der Waals surface area contributed by atoms with Gasteiger partial charge in [-0.05, 0) is 5.56 Å². The van der Waals surface area contributed by atoms with Crippen LogP contribution in [0, 0.1) is 0 Å². The van der Waals surface area contributed by atoms with Gasteiger partial charge in [0.05, 0.1) is 5.54 Å². The van der Waals surface area contributed by atoms with Crippen molar-refractivity contribution >= 4 is 6.09 Å². The van der Waals surface area contributed by atoms with Crippen molar-refractivity contribution in [2.75, 3.05) is 13.1 Å². The zero-order chi connectivity index (χ0) is 10.2. The lowest BCUT2D eigenvalue weighted by molar-refractivity contribution is 0.0625. The molecule has 0 bridgehead atoms. The van der Waals surface area contributed by atoms with E-state index in [-0.39, 0.29) is 0 Å². The second-order valence-electron chi connectivity index (χ2n) is 3.66. The van der Waals surface area contributed by atoms with Crippen molar-refractivity contribution in [2.45, 2.75) is 5.54 Å². The first-order valence-electron chi connectivity index (χ1n) is 4.44. The Hall–Kier alpha value is -1.55. The number of carboxylic acid groups (broad SMARTS) is 1. The van der Waals surface area contributed by atoms with E-state index in [2.05, 4.69) is 0 Å². The number of likely N-dealkylation sites (tertiary alicyclic amines) is 1. The summed E-state index contributed by atoms with van der Waals surface area (Å²) in [4.78, 5) is 11.9. The molecule has 0 aliphatic carbocycles. The van der Waals surface area contributed by atoms with Crippen LogP contribution < -0.4 is 5.73 Å². The molecule has 0 aromatic heterocycles. The summed E-state index contributed by atoms with van der Waals surface area (Å²) >= 11 is 0. The average Bonchev–Trinajstić information content (AvgIpc) is 2.14. The normalized spacial score (nSPS) is 18.8. The van der Waals surface area contributed by atoms with Crippen LogP contribution in [-0.4, -0.2) is 29.2 Å². The molecule has 0 radical (unpaired) electrons. The highest BCUT2D eigenvalue weighted by Crippen LogP contribution is 2.28. The number of rotatable bonds is 1. The van der Waals surface area contributed by atoms with Gasteiger partial charge in [0, 0.05) is 13.1 Å². The Morgan fingerprint density at radius 2 is 1.93 bits per heavy atom. The molecule has 4 heteroatoms. The van der Waals surface area contributed by atoms with E-state index < -0.39 is 11.6 Å². The standard InChI is InChI=1S/C10H12N2O2/c11-10(6-12(7-10)9(13)14)8-4-2-1-3-5-8/h1-5H,6-7,11H2,(H,13,14). The maximum atomic E-state index is 10.6. The van der Waals surface area contributed by atoms with Crippen molar-refractivity contribution in [3.05, 3.63) is 35.9 Å². The molecule has 3 N–H and O–H groups in total. The second kappa shape index (κ2) is 2.99. The number of benzene rings is 1. The predicted octanol–water partition coefficient (Wildman–Crippen LogP) is 0.834. The number of carbonyl (C=O) groups is 1. The summed E-state index contributed by atoms with van der Waals surface area (Å²) in [5.74, 6) is 0. The highest BCUT2D eigenvalue weighted by Gasteiger charge is 2.43. The smallest absolute Gasteiger partial charge is 0.407 e. The molecule has 1 amide bonds. The minimum Gasteiger partial charge on any atom is -0.465 e. The third-order valence-electron chi connectivity index (χ3n) is 2.57. The molecule has 0 spiro atoms. The summed E-state index contributed by atoms with van der Waals surface area (Å²) in [5, 5.41) is 8.68. The fraction of sp³-hybridized carbons (Fsp3) is 0.300. The van der Waals surface area contributed by atoms with Crippen molar-refractivity contribution in [3.63, 3.8) is 0 Å². The van der Waals surface area contributed by atoms with Crippen LogP contribution in [-0.2, 0) is 5.54 Å². The highest BCUT2D eigenvalue weighted by molar-refractivity contribution is 5.67. The van der Waals surface area contributed by atoms with Crippen molar-refractivity contribution < 1.29 is 9.90 Å². The predicted molar refractivity (Wildman–Crippen MR) is 51.9 cm³/mol. The summed E-state index contributed by atoms with van der Waals surface area (Å²) in [6.45, 7) is 0.763. The molecule has 1 aliphatic heterocycles. The molecule has 1 heterocycles. The first kappa shape index (κ1) is 9.02. The van der Waals surface area contributed by atoms with Gasteiger partial charge < -0.3 is 15.7 Å². The summed E-state index contributed by atoms with van der Waals surface area (Å²) < 4.78 is 0. The van der Waals surface area contributed by atoms with Gasteiger partial charge in [0.25, 0.3) is 0 Å². The van der Waals surface area contributed by atoms with Gasteiger partial charge in [0.15, 0.2) is 0 Å². The molecule has 74 valence electrons. The number of amides is 1. The number of nitrogens with two attached hydrogens (primary N) is 1. The first-order valence-corrected chi connectivity index (χ1v) is 4.44. The molecule has 4 nitrogen and oxygen atoms in total. The highest BCUT2D eigenvalue weighted by atomic mass is 16.4. The molecule has 0 atom stereocenters. The monoisotopic (exact) mass is 192 g/mol. The Balaban J connectivity index is 2.12. The van der Waals surface area contributed by atoms with Crippen LogP contribution >= 0.6 is 0 Å². The molecule has 1 saturated heterocycles. The minimum absolute atomic E-state index is 0.381. The molecule has 1 aromatic carbocycles. The van der Waals surface area contributed by atoms with E-state index in [1.165, 1.54) is 4.90 Å². The summed E-state index contributed by atoms with van der Waals surface area (Å²) in [6, 6.07) is 9.60. The van der Waals surface area contributed by atoms with Gasteiger partial charge in [-0.3, -0.25) is 0 Å². The number of hydrogen-bond donors (Lipinski definition) is 2. The third kappa shape index (κ3) is 1.33. The van der Waals surface area contributed by atoms with Crippen LogP contribution in [0.2, 0.25) is 0 Å². The first-order chi connectivity index (χ1) is 6.62. The quantitative estimate of drug-likeness (QED) is 0.692. The molecular formula is C10H12N2O2. The van der Waals surface area contributed by atoms with Gasteiger partial charge in [0.1, 0.15) is 0 Å². The van der Waals surface area contributed by atoms with Crippen LogP contribution in [0.1, 0.15) is 5.56 Å². The van der Waals surface area contributed by atoms with Crippen molar-refractivity contribution in [2.24, 2.45) is 5.73 Å². The lowest BCUT2D eigenvalue weighted by atomic mass is 9.84. The number of hydrogen-bond acceptors (Lipinski definition) is 2. The van der Waals surface area contributed by atoms with Crippen LogP contribution in [0.3, 0.4) is 0 Å². The van der Waals surface area contributed by atoms with Crippen LogP contribution in [0.4, 0.5) is 4.79 Å². The Labute approximate surface area is 81.9 Å². The maximum Gasteiger partial charge on any atom is 0.407 e. The molecule has 1 fully saturated rings. The topological polar surface area (TPSA) is 66.6 Å². The van der Waals surface area contributed by atoms with Crippen LogP contribution in [0.15, 0.2) is 30.3 Å². The van der Waals surface area contributed by atoms with Gasteiger partial charge in [-0.1, -0.05) is 30.3 Å². The van der Waals surface area contributed by atoms with E-state index in [9.17, 15) is 4.79 Å². The number of nitrogens with zero attached hydrogens (tertiary/aromatic N) is 1. The average molecular weight is 192 g/mol. The molecule has 0 saturated carbocycles. The fourth-order valence-electron chi connectivity index (χ4n) is 1.72. The SMILES string of the molecule is NC1(c2ccccc2)CN(C(=O)O)C1. The molecule has 1 aliphatic rings. The van der Waals surface area contributed by atoms with Crippen molar-refractivity contribution in [3.8, 4) is 0 Å². The molecule has 2 rings (SSSR count). The molecular weight excluding hydrogens is 180 g/mol. The molecule has 1 aromatic rings. The summed E-state index contributed by atoms with van der Waals surface area (Å²) in [7, 11) is 0. The van der Waals surface area contributed by atoms with E-state index in [4.69, 9.17) is 10.8 Å². The van der Waals surface area contributed by atoms with Gasteiger partial charge in [0.2, 0.25) is 0 Å².